The molecule has 20 heavy (non-hydrogen) atoms. The number of aliphatic carboxylic acids is 1. The van der Waals surface area contributed by atoms with E-state index in [9.17, 15) is 9.59 Å². The third-order valence-electron chi connectivity index (χ3n) is 2.94. The van der Waals surface area contributed by atoms with Gasteiger partial charge in [0.15, 0.2) is 6.10 Å². The molecular weight excluding hydrogens is 260 g/mol. The Bertz CT molecular complexity index is 436. The zero-order valence-corrected chi connectivity index (χ0v) is 11.2. The van der Waals surface area contributed by atoms with Crippen molar-refractivity contribution in [3.63, 3.8) is 0 Å². The predicted molar refractivity (Wildman–Crippen MR) is 73.9 cm³/mol. The molecule has 6 heteroatoms. The fourth-order valence-electron chi connectivity index (χ4n) is 1.71. The number of benzene rings is 1. The first-order chi connectivity index (χ1) is 9.50. The van der Waals surface area contributed by atoms with Crippen molar-refractivity contribution in [1.82, 2.24) is 5.32 Å². The molecule has 2 atom stereocenters. The number of carbonyl (C=O) groups excluding carboxylic acids is 1. The molecule has 0 saturated carbocycles. The minimum atomic E-state index is -1.44. The minimum absolute atomic E-state index is 0.00812. The van der Waals surface area contributed by atoms with Crippen LogP contribution >= 0.6 is 0 Å². The third-order valence-corrected chi connectivity index (χ3v) is 2.94. The van der Waals surface area contributed by atoms with Gasteiger partial charge in [0.05, 0.1) is 0 Å². The zero-order valence-electron chi connectivity index (χ0n) is 11.2. The fraction of sp³-hybridized carbons (Fsp3) is 0.429. The molecule has 0 aromatic heterocycles. The number of amides is 1. The lowest BCUT2D eigenvalue weighted by molar-refractivity contribution is -0.147. The van der Waals surface area contributed by atoms with E-state index in [4.69, 9.17) is 15.9 Å². The predicted octanol–water partition coefficient (Wildman–Crippen LogP) is 0.418. The molecule has 0 aliphatic carbocycles. The summed E-state index contributed by atoms with van der Waals surface area (Å²) in [4.78, 5) is 21.9. The van der Waals surface area contributed by atoms with Gasteiger partial charge in [-0.15, -0.1) is 0 Å². The Kier molecular flexibility index (Phi) is 6.69. The van der Waals surface area contributed by atoms with E-state index in [2.05, 4.69) is 5.32 Å². The number of hydrogen-bond acceptors (Lipinski definition) is 4. The summed E-state index contributed by atoms with van der Waals surface area (Å²) in [5, 5.41) is 20.1. The van der Waals surface area contributed by atoms with Crippen LogP contribution in [0.4, 0.5) is 0 Å². The van der Waals surface area contributed by atoms with Crippen molar-refractivity contribution in [1.29, 1.82) is 0 Å². The van der Waals surface area contributed by atoms with Gasteiger partial charge < -0.3 is 21.3 Å². The number of aliphatic hydroxyl groups excluding tert-OH is 1. The normalized spacial score (nSPS) is 13.5. The maximum atomic E-state index is 11.5. The van der Waals surface area contributed by atoms with Gasteiger partial charge in [-0.25, -0.2) is 4.79 Å². The molecule has 0 heterocycles. The van der Waals surface area contributed by atoms with Gasteiger partial charge in [0.25, 0.3) is 0 Å². The van der Waals surface area contributed by atoms with E-state index in [0.29, 0.717) is 6.42 Å². The average Bonchev–Trinajstić information content (AvgIpc) is 2.45. The summed E-state index contributed by atoms with van der Waals surface area (Å²) in [6, 6.07) is 9.30. The monoisotopic (exact) mass is 280 g/mol. The van der Waals surface area contributed by atoms with E-state index in [1.165, 1.54) is 0 Å². The molecule has 0 fully saturated rings. The number of hydrogen-bond donors (Lipinski definition) is 4. The molecule has 1 rings (SSSR count). The smallest absolute Gasteiger partial charge is 0.332 e. The van der Waals surface area contributed by atoms with E-state index < -0.39 is 12.1 Å². The van der Waals surface area contributed by atoms with Gasteiger partial charge in [0.1, 0.15) is 0 Å². The van der Waals surface area contributed by atoms with Crippen LogP contribution in [0.2, 0.25) is 0 Å². The quantitative estimate of drug-likeness (QED) is 0.551. The van der Waals surface area contributed by atoms with E-state index in [1.54, 1.807) is 0 Å². The first-order valence-electron chi connectivity index (χ1n) is 6.49. The zero-order chi connectivity index (χ0) is 15.0. The van der Waals surface area contributed by atoms with E-state index in [0.717, 1.165) is 5.56 Å². The first-order valence-corrected chi connectivity index (χ1v) is 6.49. The second-order valence-corrected chi connectivity index (χ2v) is 4.55. The Balaban J connectivity index is 2.22. The highest BCUT2D eigenvalue weighted by molar-refractivity contribution is 5.76. The van der Waals surface area contributed by atoms with Crippen molar-refractivity contribution < 1.29 is 19.8 Å². The molecule has 0 aliphatic rings. The Morgan fingerprint density at radius 2 is 1.85 bits per heavy atom. The molecule has 0 bridgehead atoms. The van der Waals surface area contributed by atoms with Crippen LogP contribution in [0.25, 0.3) is 0 Å². The molecule has 5 N–H and O–H groups in total. The van der Waals surface area contributed by atoms with Crippen LogP contribution in [-0.4, -0.2) is 34.7 Å². The second kappa shape index (κ2) is 8.29. The lowest BCUT2D eigenvalue weighted by atomic mass is 10.0. The largest absolute Gasteiger partial charge is 0.479 e. The molecule has 1 unspecified atom stereocenters. The average molecular weight is 280 g/mol. The fourth-order valence-corrected chi connectivity index (χ4v) is 1.71. The number of rotatable bonds is 8. The molecule has 1 aromatic carbocycles. The Morgan fingerprint density at radius 1 is 1.20 bits per heavy atom. The van der Waals surface area contributed by atoms with Crippen LogP contribution in [0, 0.1) is 0 Å². The Hall–Kier alpha value is -1.92. The number of aliphatic hydroxyl groups is 1. The van der Waals surface area contributed by atoms with Crippen LogP contribution in [0.3, 0.4) is 0 Å². The van der Waals surface area contributed by atoms with Crippen molar-refractivity contribution >= 4 is 11.9 Å². The molecular formula is C14H20N2O4. The van der Waals surface area contributed by atoms with Crippen LogP contribution < -0.4 is 11.1 Å². The lowest BCUT2D eigenvalue weighted by Crippen LogP contribution is -2.30. The van der Waals surface area contributed by atoms with Crippen molar-refractivity contribution in [3.05, 3.63) is 35.9 Å². The van der Waals surface area contributed by atoms with Gasteiger partial charge in [-0.3, -0.25) is 4.79 Å². The molecule has 1 aromatic rings. The standard InChI is InChI=1S/C14H20N2O4/c15-11(10-4-2-1-3-5-10)6-7-13(18)16-9-8-12(17)14(19)20/h1-5,11-12,17H,6-9,15H2,(H,16,18)(H,19,20)/t11?,12-/m0/s1. The van der Waals surface area contributed by atoms with Gasteiger partial charge in [-0.2, -0.15) is 0 Å². The summed E-state index contributed by atoms with van der Waals surface area (Å²) in [5.41, 5.74) is 6.94. The highest BCUT2D eigenvalue weighted by Gasteiger charge is 2.13. The van der Waals surface area contributed by atoms with Crippen LogP contribution in [0.1, 0.15) is 30.9 Å². The first kappa shape index (κ1) is 16.1. The van der Waals surface area contributed by atoms with Gasteiger partial charge >= 0.3 is 5.97 Å². The summed E-state index contributed by atoms with van der Waals surface area (Å²) in [6.45, 7) is 0.132. The third kappa shape index (κ3) is 5.81. The number of nitrogens with two attached hydrogens (primary N) is 1. The van der Waals surface area contributed by atoms with Gasteiger partial charge in [-0.05, 0) is 12.0 Å². The summed E-state index contributed by atoms with van der Waals surface area (Å²) in [7, 11) is 0. The Labute approximate surface area is 117 Å². The number of carboxylic acid groups (broad SMARTS) is 1. The van der Waals surface area contributed by atoms with Crippen molar-refractivity contribution in [2.45, 2.75) is 31.4 Å². The Morgan fingerprint density at radius 3 is 2.45 bits per heavy atom. The van der Waals surface area contributed by atoms with Gasteiger partial charge in [0, 0.05) is 25.4 Å². The number of nitrogens with one attached hydrogen (secondary N) is 1. The molecule has 0 aliphatic heterocycles. The number of carbonyl (C=O) groups is 2. The molecule has 0 radical (unpaired) electrons. The molecule has 1 amide bonds. The highest BCUT2D eigenvalue weighted by atomic mass is 16.4. The minimum Gasteiger partial charge on any atom is -0.479 e. The van der Waals surface area contributed by atoms with Crippen LogP contribution in [0.15, 0.2) is 30.3 Å². The summed E-state index contributed by atoms with van der Waals surface area (Å²) < 4.78 is 0. The highest BCUT2D eigenvalue weighted by Crippen LogP contribution is 2.14. The van der Waals surface area contributed by atoms with Crippen molar-refractivity contribution in [2.24, 2.45) is 5.73 Å². The van der Waals surface area contributed by atoms with Gasteiger partial charge in [0.2, 0.25) is 5.91 Å². The lowest BCUT2D eigenvalue weighted by Gasteiger charge is -2.12. The van der Waals surface area contributed by atoms with Crippen LogP contribution in [-0.2, 0) is 9.59 Å². The SMILES string of the molecule is NC(CCC(=O)NCC[C@H](O)C(=O)O)c1ccccc1. The maximum absolute atomic E-state index is 11.5. The van der Waals surface area contributed by atoms with E-state index in [-0.39, 0.29) is 31.3 Å². The maximum Gasteiger partial charge on any atom is 0.332 e. The number of carboxylic acids is 1. The van der Waals surface area contributed by atoms with E-state index in [1.807, 2.05) is 30.3 Å². The van der Waals surface area contributed by atoms with Crippen molar-refractivity contribution in [3.8, 4) is 0 Å². The molecule has 0 saturated heterocycles. The second-order valence-electron chi connectivity index (χ2n) is 4.55. The van der Waals surface area contributed by atoms with Crippen molar-refractivity contribution in [2.75, 3.05) is 6.54 Å². The summed E-state index contributed by atoms with van der Waals surface area (Å²) >= 11 is 0. The van der Waals surface area contributed by atoms with Crippen LogP contribution in [0.5, 0.6) is 0 Å². The summed E-state index contributed by atoms with van der Waals surface area (Å²) in [6.07, 6.45) is -0.676. The molecule has 110 valence electrons. The summed E-state index contributed by atoms with van der Waals surface area (Å²) in [5.74, 6) is -1.49. The van der Waals surface area contributed by atoms with E-state index >= 15 is 0 Å². The molecule has 0 spiro atoms. The van der Waals surface area contributed by atoms with Gasteiger partial charge in [-0.1, -0.05) is 30.3 Å². The molecule has 6 nitrogen and oxygen atoms in total. The topological polar surface area (TPSA) is 113 Å².